The molecule has 15 heavy (non-hydrogen) atoms. The number of piperidine rings is 1. The van der Waals surface area contributed by atoms with Gasteiger partial charge in [0.1, 0.15) is 0 Å². The van der Waals surface area contributed by atoms with E-state index in [1.54, 1.807) is 0 Å². The van der Waals surface area contributed by atoms with Crippen LogP contribution in [0.4, 0.5) is 0 Å². The van der Waals surface area contributed by atoms with Crippen molar-refractivity contribution in [3.63, 3.8) is 0 Å². The van der Waals surface area contributed by atoms with Gasteiger partial charge in [0.05, 0.1) is 19.3 Å². The van der Waals surface area contributed by atoms with E-state index in [9.17, 15) is 0 Å². The van der Waals surface area contributed by atoms with E-state index >= 15 is 0 Å². The molecule has 88 valence electrons. The van der Waals surface area contributed by atoms with Crippen molar-refractivity contribution in [2.75, 3.05) is 39.4 Å². The zero-order valence-electron chi connectivity index (χ0n) is 9.87. The molecule has 1 atom stereocenters. The summed E-state index contributed by atoms with van der Waals surface area (Å²) in [5.41, 5.74) is 0. The summed E-state index contributed by atoms with van der Waals surface area (Å²) in [5.74, 6) is 0.767. The van der Waals surface area contributed by atoms with Crippen LogP contribution in [0.1, 0.15) is 26.2 Å². The molecular weight excluding hydrogens is 188 g/mol. The molecule has 3 nitrogen and oxygen atoms in total. The highest BCUT2D eigenvalue weighted by atomic mass is 16.5. The van der Waals surface area contributed by atoms with Crippen LogP contribution in [0.3, 0.4) is 0 Å². The van der Waals surface area contributed by atoms with Gasteiger partial charge >= 0.3 is 0 Å². The largest absolute Gasteiger partial charge is 0.378 e. The zero-order chi connectivity index (χ0) is 10.5. The molecule has 2 rings (SSSR count). The lowest BCUT2D eigenvalue weighted by Crippen LogP contribution is -2.48. The molecule has 0 bridgehead atoms. The standard InChI is InChI=1S/C12H24N2O/c1-11(7-13-12-9-15-10-12)8-14-5-3-2-4-6-14/h11-13H,2-10H2,1H3. The van der Waals surface area contributed by atoms with Crippen molar-refractivity contribution >= 4 is 0 Å². The van der Waals surface area contributed by atoms with Crippen molar-refractivity contribution in [1.82, 2.24) is 10.2 Å². The first-order valence-electron chi connectivity index (χ1n) is 6.38. The molecule has 3 heteroatoms. The number of hydrogen-bond donors (Lipinski definition) is 1. The monoisotopic (exact) mass is 212 g/mol. The highest BCUT2D eigenvalue weighted by Gasteiger charge is 2.19. The van der Waals surface area contributed by atoms with Crippen molar-refractivity contribution in [2.45, 2.75) is 32.2 Å². The molecule has 2 aliphatic heterocycles. The molecule has 0 aromatic heterocycles. The maximum absolute atomic E-state index is 5.14. The van der Waals surface area contributed by atoms with E-state index in [1.807, 2.05) is 0 Å². The minimum Gasteiger partial charge on any atom is -0.378 e. The van der Waals surface area contributed by atoms with E-state index in [0.717, 1.165) is 25.7 Å². The Labute approximate surface area is 93.2 Å². The van der Waals surface area contributed by atoms with E-state index in [2.05, 4.69) is 17.1 Å². The third-order valence-corrected chi connectivity index (χ3v) is 3.41. The third-order valence-electron chi connectivity index (χ3n) is 3.41. The Morgan fingerprint density at radius 1 is 1.27 bits per heavy atom. The lowest BCUT2D eigenvalue weighted by Gasteiger charge is -2.31. The van der Waals surface area contributed by atoms with Gasteiger partial charge in [0.15, 0.2) is 0 Å². The SMILES string of the molecule is CC(CNC1COC1)CN1CCCCC1. The molecule has 0 aromatic carbocycles. The summed E-state index contributed by atoms with van der Waals surface area (Å²) in [7, 11) is 0. The fourth-order valence-electron chi connectivity index (χ4n) is 2.37. The van der Waals surface area contributed by atoms with Gasteiger partial charge in [-0.3, -0.25) is 0 Å². The fourth-order valence-corrected chi connectivity index (χ4v) is 2.37. The van der Waals surface area contributed by atoms with Gasteiger partial charge in [0.2, 0.25) is 0 Å². The van der Waals surface area contributed by atoms with Crippen molar-refractivity contribution < 1.29 is 4.74 Å². The highest BCUT2D eigenvalue weighted by molar-refractivity contribution is 4.75. The van der Waals surface area contributed by atoms with Gasteiger partial charge in [-0.1, -0.05) is 13.3 Å². The average molecular weight is 212 g/mol. The minimum atomic E-state index is 0.633. The number of hydrogen-bond acceptors (Lipinski definition) is 3. The summed E-state index contributed by atoms with van der Waals surface area (Å²) in [6.07, 6.45) is 4.23. The van der Waals surface area contributed by atoms with Gasteiger partial charge in [0.25, 0.3) is 0 Å². The van der Waals surface area contributed by atoms with Crippen LogP contribution in [-0.4, -0.2) is 50.3 Å². The van der Waals surface area contributed by atoms with Gasteiger partial charge in [-0.25, -0.2) is 0 Å². The fraction of sp³-hybridized carbons (Fsp3) is 1.00. The quantitative estimate of drug-likeness (QED) is 0.738. The van der Waals surface area contributed by atoms with Crippen LogP contribution in [0, 0.1) is 5.92 Å². The van der Waals surface area contributed by atoms with Crippen LogP contribution in [0.2, 0.25) is 0 Å². The number of likely N-dealkylation sites (tertiary alicyclic amines) is 1. The molecule has 2 saturated heterocycles. The Morgan fingerprint density at radius 2 is 2.00 bits per heavy atom. The van der Waals surface area contributed by atoms with E-state index in [4.69, 9.17) is 4.74 Å². The highest BCUT2D eigenvalue weighted by Crippen LogP contribution is 2.11. The van der Waals surface area contributed by atoms with Crippen LogP contribution in [0.5, 0.6) is 0 Å². The number of ether oxygens (including phenoxy) is 1. The molecule has 0 aromatic rings. The maximum atomic E-state index is 5.14. The van der Waals surface area contributed by atoms with E-state index in [-0.39, 0.29) is 0 Å². The summed E-state index contributed by atoms with van der Waals surface area (Å²) >= 11 is 0. The Morgan fingerprint density at radius 3 is 2.60 bits per heavy atom. The molecule has 2 aliphatic rings. The number of nitrogens with zero attached hydrogens (tertiary/aromatic N) is 1. The summed E-state index contributed by atoms with van der Waals surface area (Å²) in [5, 5.41) is 3.56. The third kappa shape index (κ3) is 3.74. The van der Waals surface area contributed by atoms with Crippen molar-refractivity contribution in [3.05, 3.63) is 0 Å². The molecule has 1 unspecified atom stereocenters. The van der Waals surface area contributed by atoms with E-state index in [0.29, 0.717) is 6.04 Å². The first-order chi connectivity index (χ1) is 7.34. The summed E-state index contributed by atoms with van der Waals surface area (Å²) < 4.78 is 5.14. The van der Waals surface area contributed by atoms with Gasteiger partial charge in [-0.2, -0.15) is 0 Å². The van der Waals surface area contributed by atoms with Crippen LogP contribution >= 0.6 is 0 Å². The lowest BCUT2D eigenvalue weighted by molar-refractivity contribution is -0.00679. The first kappa shape index (κ1) is 11.4. The summed E-state index contributed by atoms with van der Waals surface area (Å²) in [6.45, 7) is 9.22. The predicted octanol–water partition coefficient (Wildman–Crippen LogP) is 1.10. The smallest absolute Gasteiger partial charge is 0.0643 e. The molecule has 0 aliphatic carbocycles. The predicted molar refractivity (Wildman–Crippen MR) is 62.1 cm³/mol. The Balaban J connectivity index is 1.56. The summed E-state index contributed by atoms with van der Waals surface area (Å²) in [6, 6.07) is 0.633. The average Bonchev–Trinajstić information content (AvgIpc) is 2.17. The minimum absolute atomic E-state index is 0.633. The molecule has 2 heterocycles. The zero-order valence-corrected chi connectivity index (χ0v) is 9.87. The molecule has 2 fully saturated rings. The number of rotatable bonds is 5. The second kappa shape index (κ2) is 5.83. The maximum Gasteiger partial charge on any atom is 0.0643 e. The molecular formula is C12H24N2O. The molecule has 0 saturated carbocycles. The van der Waals surface area contributed by atoms with Crippen LogP contribution in [0.15, 0.2) is 0 Å². The van der Waals surface area contributed by atoms with E-state index < -0.39 is 0 Å². The second-order valence-corrected chi connectivity index (χ2v) is 5.11. The topological polar surface area (TPSA) is 24.5 Å². The second-order valence-electron chi connectivity index (χ2n) is 5.11. The van der Waals surface area contributed by atoms with Crippen LogP contribution in [-0.2, 0) is 4.74 Å². The molecule has 0 spiro atoms. The van der Waals surface area contributed by atoms with Gasteiger partial charge < -0.3 is 15.0 Å². The van der Waals surface area contributed by atoms with E-state index in [1.165, 1.54) is 38.9 Å². The van der Waals surface area contributed by atoms with Crippen molar-refractivity contribution in [3.8, 4) is 0 Å². The molecule has 1 N–H and O–H groups in total. The Hall–Kier alpha value is -0.120. The van der Waals surface area contributed by atoms with Gasteiger partial charge in [-0.15, -0.1) is 0 Å². The molecule has 0 radical (unpaired) electrons. The van der Waals surface area contributed by atoms with Gasteiger partial charge in [0, 0.05) is 6.54 Å². The Kier molecular flexibility index (Phi) is 4.42. The van der Waals surface area contributed by atoms with Crippen molar-refractivity contribution in [2.24, 2.45) is 5.92 Å². The Bertz CT molecular complexity index is 176. The van der Waals surface area contributed by atoms with Crippen LogP contribution in [0.25, 0.3) is 0 Å². The molecule has 0 amide bonds. The summed E-state index contributed by atoms with van der Waals surface area (Å²) in [4.78, 5) is 2.62. The normalized spacial score (nSPS) is 26.2. The van der Waals surface area contributed by atoms with Crippen molar-refractivity contribution in [1.29, 1.82) is 0 Å². The number of nitrogens with one attached hydrogen (secondary N) is 1. The first-order valence-corrected chi connectivity index (χ1v) is 6.38. The van der Waals surface area contributed by atoms with Crippen LogP contribution < -0.4 is 5.32 Å². The lowest BCUT2D eigenvalue weighted by atomic mass is 10.1. The van der Waals surface area contributed by atoms with Gasteiger partial charge in [-0.05, 0) is 38.4 Å².